The minimum atomic E-state index is -0.272. The summed E-state index contributed by atoms with van der Waals surface area (Å²) in [7, 11) is 1.57. The van der Waals surface area contributed by atoms with Crippen molar-refractivity contribution < 1.29 is 14.3 Å². The topological polar surface area (TPSA) is 35.5 Å². The van der Waals surface area contributed by atoms with Gasteiger partial charge in [-0.05, 0) is 31.5 Å². The predicted octanol–water partition coefficient (Wildman–Crippen LogP) is 2.76. The highest BCUT2D eigenvalue weighted by Crippen LogP contribution is 2.28. The van der Waals surface area contributed by atoms with E-state index in [1.807, 2.05) is 6.92 Å². The van der Waals surface area contributed by atoms with E-state index in [2.05, 4.69) is 0 Å². The molecule has 0 aliphatic rings. The van der Waals surface area contributed by atoms with Gasteiger partial charge in [0, 0.05) is 10.6 Å². The quantitative estimate of drug-likeness (QED) is 0.762. The highest BCUT2D eigenvalue weighted by atomic mass is 35.5. The summed E-state index contributed by atoms with van der Waals surface area (Å²) in [4.78, 5) is 11.4. The van der Waals surface area contributed by atoms with Gasteiger partial charge in [0.15, 0.2) is 0 Å². The van der Waals surface area contributed by atoms with Gasteiger partial charge in [-0.15, -0.1) is 0 Å². The van der Waals surface area contributed by atoms with Crippen molar-refractivity contribution in [3.63, 3.8) is 0 Å². The molecule has 4 heteroatoms. The van der Waals surface area contributed by atoms with Gasteiger partial charge in [0.05, 0.1) is 20.1 Å². The summed E-state index contributed by atoms with van der Waals surface area (Å²) >= 11 is 6.00. The van der Waals surface area contributed by atoms with Gasteiger partial charge in [0.2, 0.25) is 0 Å². The van der Waals surface area contributed by atoms with Crippen molar-refractivity contribution in [2.75, 3.05) is 13.7 Å². The van der Waals surface area contributed by atoms with Crippen LogP contribution in [-0.4, -0.2) is 19.7 Å². The van der Waals surface area contributed by atoms with Crippen LogP contribution in [0.25, 0.3) is 0 Å². The Kier molecular flexibility index (Phi) is 4.62. The molecule has 0 aliphatic carbocycles. The fourth-order valence-electron chi connectivity index (χ4n) is 1.47. The molecule has 1 aromatic carbocycles. The maximum Gasteiger partial charge on any atom is 0.310 e. The molecule has 1 aromatic rings. The second-order valence-corrected chi connectivity index (χ2v) is 3.74. The smallest absolute Gasteiger partial charge is 0.310 e. The van der Waals surface area contributed by atoms with E-state index in [1.165, 1.54) is 0 Å². The Morgan fingerprint density at radius 2 is 2.12 bits per heavy atom. The minimum Gasteiger partial charge on any atom is -0.496 e. The highest BCUT2D eigenvalue weighted by Gasteiger charge is 2.14. The summed E-state index contributed by atoms with van der Waals surface area (Å²) in [5, 5.41) is 0.625. The summed E-state index contributed by atoms with van der Waals surface area (Å²) in [6.07, 6.45) is 0.184. The van der Waals surface area contributed by atoms with E-state index in [0.717, 1.165) is 11.1 Å². The Bertz CT molecular complexity index is 388. The van der Waals surface area contributed by atoms with Crippen LogP contribution in [0.1, 0.15) is 18.1 Å². The van der Waals surface area contributed by atoms with Crippen LogP contribution >= 0.6 is 11.6 Å². The first-order chi connectivity index (χ1) is 7.60. The van der Waals surface area contributed by atoms with Crippen molar-refractivity contribution in [3.8, 4) is 5.75 Å². The zero-order valence-corrected chi connectivity index (χ0v) is 10.4. The number of methoxy groups -OCH3 is 1. The van der Waals surface area contributed by atoms with Gasteiger partial charge in [-0.25, -0.2) is 0 Å². The lowest BCUT2D eigenvalue weighted by molar-refractivity contribution is -0.142. The molecule has 3 nitrogen and oxygen atoms in total. The van der Waals surface area contributed by atoms with Crippen LogP contribution in [0.2, 0.25) is 5.02 Å². The standard InChI is InChI=1S/C12H15ClO3/c1-4-16-12(14)7-9-8(2)10(13)5-6-11(9)15-3/h5-6H,4,7H2,1-3H3. The second kappa shape index (κ2) is 5.75. The monoisotopic (exact) mass is 242 g/mol. The molecule has 0 amide bonds. The second-order valence-electron chi connectivity index (χ2n) is 3.33. The number of hydrogen-bond acceptors (Lipinski definition) is 3. The first-order valence-corrected chi connectivity index (χ1v) is 5.45. The molecule has 1 rings (SSSR count). The highest BCUT2D eigenvalue weighted by molar-refractivity contribution is 6.31. The maximum absolute atomic E-state index is 11.4. The van der Waals surface area contributed by atoms with Crippen molar-refractivity contribution in [2.45, 2.75) is 20.3 Å². The fraction of sp³-hybridized carbons (Fsp3) is 0.417. The van der Waals surface area contributed by atoms with Crippen LogP contribution in [0.4, 0.5) is 0 Å². The minimum absolute atomic E-state index is 0.184. The first kappa shape index (κ1) is 12.8. The number of hydrogen-bond donors (Lipinski definition) is 0. The van der Waals surface area contributed by atoms with Gasteiger partial charge in [-0.2, -0.15) is 0 Å². The lowest BCUT2D eigenvalue weighted by Gasteiger charge is -2.12. The molecule has 0 atom stereocenters. The van der Waals surface area contributed by atoms with Crippen LogP contribution in [0.15, 0.2) is 12.1 Å². The first-order valence-electron chi connectivity index (χ1n) is 5.07. The molecular weight excluding hydrogens is 228 g/mol. The Labute approximate surface area is 100 Å². The fourth-order valence-corrected chi connectivity index (χ4v) is 1.65. The third kappa shape index (κ3) is 2.89. The molecule has 0 aromatic heterocycles. The largest absolute Gasteiger partial charge is 0.496 e. The van der Waals surface area contributed by atoms with Gasteiger partial charge in [0.25, 0.3) is 0 Å². The number of carbonyl (C=O) groups excluding carboxylic acids is 1. The van der Waals surface area contributed by atoms with Crippen LogP contribution in [0, 0.1) is 6.92 Å². The van der Waals surface area contributed by atoms with E-state index in [0.29, 0.717) is 17.4 Å². The number of ether oxygens (including phenoxy) is 2. The van der Waals surface area contributed by atoms with Gasteiger partial charge < -0.3 is 9.47 Å². The van der Waals surface area contributed by atoms with Crippen LogP contribution in [-0.2, 0) is 16.0 Å². The molecular formula is C12H15ClO3. The van der Waals surface area contributed by atoms with E-state index >= 15 is 0 Å². The molecule has 0 heterocycles. The van der Waals surface area contributed by atoms with Crippen molar-refractivity contribution in [1.29, 1.82) is 0 Å². The molecule has 0 spiro atoms. The molecule has 0 saturated carbocycles. The van der Waals surface area contributed by atoms with E-state index in [4.69, 9.17) is 21.1 Å². The number of esters is 1. The van der Waals surface area contributed by atoms with Crippen LogP contribution < -0.4 is 4.74 Å². The summed E-state index contributed by atoms with van der Waals surface area (Å²) in [5.41, 5.74) is 1.64. The molecule has 0 N–H and O–H groups in total. The molecule has 88 valence electrons. The van der Waals surface area contributed by atoms with Gasteiger partial charge in [0.1, 0.15) is 5.75 Å². The zero-order chi connectivity index (χ0) is 12.1. The number of rotatable bonds is 4. The number of carbonyl (C=O) groups is 1. The summed E-state index contributed by atoms with van der Waals surface area (Å²) < 4.78 is 10.1. The molecule has 0 aliphatic heterocycles. The van der Waals surface area contributed by atoms with E-state index in [-0.39, 0.29) is 12.4 Å². The van der Waals surface area contributed by atoms with Crippen molar-refractivity contribution in [1.82, 2.24) is 0 Å². The summed E-state index contributed by atoms with van der Waals surface area (Å²) in [6.45, 7) is 4.01. The Morgan fingerprint density at radius 3 is 2.69 bits per heavy atom. The van der Waals surface area contributed by atoms with Gasteiger partial charge in [-0.1, -0.05) is 11.6 Å². The molecule has 0 radical (unpaired) electrons. The Balaban J connectivity index is 3.00. The lowest BCUT2D eigenvalue weighted by atomic mass is 10.0. The predicted molar refractivity (Wildman–Crippen MR) is 63.1 cm³/mol. The van der Waals surface area contributed by atoms with Crippen molar-refractivity contribution >= 4 is 17.6 Å². The molecule has 16 heavy (non-hydrogen) atoms. The summed E-state index contributed by atoms with van der Waals surface area (Å²) in [5.74, 6) is 0.390. The van der Waals surface area contributed by atoms with Crippen molar-refractivity contribution in [2.24, 2.45) is 0 Å². The molecule has 0 unspecified atom stereocenters. The van der Waals surface area contributed by atoms with Crippen LogP contribution in [0.5, 0.6) is 5.75 Å². The zero-order valence-electron chi connectivity index (χ0n) is 9.67. The average Bonchev–Trinajstić information content (AvgIpc) is 2.25. The maximum atomic E-state index is 11.4. The van der Waals surface area contributed by atoms with E-state index < -0.39 is 0 Å². The average molecular weight is 243 g/mol. The third-order valence-corrected chi connectivity index (χ3v) is 2.75. The Hall–Kier alpha value is -1.22. The molecule has 0 bridgehead atoms. The number of halogens is 1. The SMILES string of the molecule is CCOC(=O)Cc1c(OC)ccc(Cl)c1C. The normalized spacial score (nSPS) is 10.0. The number of benzene rings is 1. The lowest BCUT2D eigenvalue weighted by Crippen LogP contribution is -2.09. The summed E-state index contributed by atoms with van der Waals surface area (Å²) in [6, 6.07) is 3.51. The third-order valence-electron chi connectivity index (χ3n) is 2.34. The Morgan fingerprint density at radius 1 is 1.44 bits per heavy atom. The van der Waals surface area contributed by atoms with Crippen LogP contribution in [0.3, 0.4) is 0 Å². The molecule has 0 fully saturated rings. The van der Waals surface area contributed by atoms with Crippen molar-refractivity contribution in [3.05, 3.63) is 28.3 Å². The molecule has 0 saturated heterocycles. The van der Waals surface area contributed by atoms with E-state index in [9.17, 15) is 4.79 Å². The van der Waals surface area contributed by atoms with E-state index in [1.54, 1.807) is 26.2 Å². The van der Waals surface area contributed by atoms with Gasteiger partial charge in [-0.3, -0.25) is 4.79 Å². The van der Waals surface area contributed by atoms with Gasteiger partial charge >= 0.3 is 5.97 Å².